The molecule has 0 aliphatic carbocycles. The van der Waals surface area contributed by atoms with E-state index in [9.17, 15) is 13.9 Å². The third-order valence-corrected chi connectivity index (χ3v) is 2.96. The van der Waals surface area contributed by atoms with Gasteiger partial charge in [-0.1, -0.05) is 0 Å². The van der Waals surface area contributed by atoms with Crippen LogP contribution in [0, 0.1) is 0 Å². The van der Waals surface area contributed by atoms with Crippen LogP contribution >= 0.6 is 15.2 Å². The Kier molecular flexibility index (Phi) is 6.50. The minimum Gasteiger partial charge on any atom is -0.465 e. The standard InChI is InChI=1S/C6H15NO8P2/c1-2-15-6(8)3-7(4-16(9,10)11)5-17(12,13)14/h2-5H2,1H3,(H2,9,10,11)(H2,12,13,14). The summed E-state index contributed by atoms with van der Waals surface area (Å²) in [6.07, 6.45) is -1.84. The molecule has 102 valence electrons. The van der Waals surface area contributed by atoms with Crippen LogP contribution in [0.15, 0.2) is 0 Å². The van der Waals surface area contributed by atoms with E-state index >= 15 is 0 Å². The minimum absolute atomic E-state index is 0.0680. The molecule has 0 radical (unpaired) electrons. The maximum atomic E-state index is 11.1. The molecule has 4 N–H and O–H groups in total. The molecule has 0 heterocycles. The highest BCUT2D eigenvalue weighted by Crippen LogP contribution is 2.40. The summed E-state index contributed by atoms with van der Waals surface area (Å²) < 4.78 is 25.9. The van der Waals surface area contributed by atoms with E-state index in [-0.39, 0.29) is 6.61 Å². The van der Waals surface area contributed by atoms with Gasteiger partial charge in [-0.2, -0.15) is 0 Å². The second-order valence-corrected chi connectivity index (χ2v) is 6.47. The first-order chi connectivity index (χ1) is 7.53. The number of carbonyl (C=O) groups excluding carboxylic acids is 1. The quantitative estimate of drug-likeness (QED) is 0.347. The first-order valence-corrected chi connectivity index (χ1v) is 8.10. The summed E-state index contributed by atoms with van der Waals surface area (Å²) in [6.45, 7) is 1.01. The molecule has 17 heavy (non-hydrogen) atoms. The predicted octanol–water partition coefficient (Wildman–Crippen LogP) is -0.878. The second-order valence-electron chi connectivity index (χ2n) is 3.25. The van der Waals surface area contributed by atoms with Crippen LogP contribution in [0.5, 0.6) is 0 Å². The molecular formula is C6H15NO8P2. The molecule has 0 fully saturated rings. The first-order valence-electron chi connectivity index (χ1n) is 4.50. The monoisotopic (exact) mass is 291 g/mol. The van der Waals surface area contributed by atoms with Gasteiger partial charge in [0.15, 0.2) is 0 Å². The zero-order valence-electron chi connectivity index (χ0n) is 9.09. The van der Waals surface area contributed by atoms with Gasteiger partial charge in [0.25, 0.3) is 0 Å². The van der Waals surface area contributed by atoms with Gasteiger partial charge in [0.05, 0.1) is 13.2 Å². The van der Waals surface area contributed by atoms with Gasteiger partial charge in [-0.25, -0.2) is 0 Å². The van der Waals surface area contributed by atoms with Crippen molar-refractivity contribution in [1.29, 1.82) is 0 Å². The number of hydrogen-bond donors (Lipinski definition) is 4. The topological polar surface area (TPSA) is 145 Å². The summed E-state index contributed by atoms with van der Waals surface area (Å²) in [7, 11) is -9.02. The fourth-order valence-electron chi connectivity index (χ4n) is 1.05. The highest BCUT2D eigenvalue weighted by molar-refractivity contribution is 7.52. The molecule has 0 aliphatic rings. The van der Waals surface area contributed by atoms with Gasteiger partial charge in [0.1, 0.15) is 12.6 Å². The van der Waals surface area contributed by atoms with Crippen molar-refractivity contribution in [2.45, 2.75) is 6.92 Å². The average Bonchev–Trinajstić information content (AvgIpc) is 1.96. The Balaban J connectivity index is 4.57. The largest absolute Gasteiger partial charge is 0.465 e. The first kappa shape index (κ1) is 16.7. The van der Waals surface area contributed by atoms with Crippen molar-refractivity contribution < 1.29 is 38.2 Å². The molecule has 0 unspecified atom stereocenters. The Labute approximate surface area is 97.7 Å². The van der Waals surface area contributed by atoms with Gasteiger partial charge in [0, 0.05) is 0 Å². The van der Waals surface area contributed by atoms with Crippen molar-refractivity contribution in [2.24, 2.45) is 0 Å². The molecule has 0 saturated carbocycles. The average molecular weight is 291 g/mol. The zero-order valence-corrected chi connectivity index (χ0v) is 10.9. The van der Waals surface area contributed by atoms with Gasteiger partial charge < -0.3 is 24.3 Å². The fraction of sp³-hybridized carbons (Fsp3) is 0.833. The summed E-state index contributed by atoms with van der Waals surface area (Å²) in [5.74, 6) is -0.811. The second kappa shape index (κ2) is 6.61. The zero-order chi connectivity index (χ0) is 13.7. The summed E-state index contributed by atoms with van der Waals surface area (Å²) in [6, 6.07) is 0. The molecule has 0 aliphatic heterocycles. The number of esters is 1. The Hall–Kier alpha value is -0.270. The third-order valence-electron chi connectivity index (χ3n) is 1.43. The molecule has 0 saturated heterocycles. The van der Waals surface area contributed by atoms with Gasteiger partial charge in [0.2, 0.25) is 0 Å². The summed E-state index contributed by atoms with van der Waals surface area (Å²) in [5.41, 5.74) is 0. The maximum absolute atomic E-state index is 11.1. The van der Waals surface area contributed by atoms with Crippen LogP contribution < -0.4 is 0 Å². The van der Waals surface area contributed by atoms with E-state index in [0.29, 0.717) is 4.90 Å². The van der Waals surface area contributed by atoms with E-state index in [2.05, 4.69) is 4.74 Å². The van der Waals surface area contributed by atoms with E-state index in [0.717, 1.165) is 0 Å². The number of rotatable bonds is 7. The van der Waals surface area contributed by atoms with Gasteiger partial charge in [-0.05, 0) is 6.92 Å². The van der Waals surface area contributed by atoms with E-state index in [1.54, 1.807) is 0 Å². The summed E-state index contributed by atoms with van der Waals surface area (Å²) >= 11 is 0. The normalized spacial score (nSPS) is 12.8. The molecule has 0 bridgehead atoms. The Bertz CT molecular complexity index is 322. The Morgan fingerprint density at radius 3 is 1.82 bits per heavy atom. The van der Waals surface area contributed by atoms with E-state index < -0.39 is 40.3 Å². The number of hydrogen-bond acceptors (Lipinski definition) is 5. The molecule has 9 nitrogen and oxygen atoms in total. The van der Waals surface area contributed by atoms with Gasteiger partial charge in [-0.3, -0.25) is 18.8 Å². The minimum atomic E-state index is -4.51. The number of nitrogens with zero attached hydrogens (tertiary/aromatic N) is 1. The van der Waals surface area contributed by atoms with Crippen LogP contribution in [-0.4, -0.2) is 56.2 Å². The fourth-order valence-corrected chi connectivity index (χ4v) is 2.65. The van der Waals surface area contributed by atoms with Gasteiger partial charge in [-0.15, -0.1) is 0 Å². The van der Waals surface area contributed by atoms with Crippen LogP contribution in [-0.2, 0) is 18.7 Å². The molecule has 0 atom stereocenters. The third kappa shape index (κ3) is 10.6. The van der Waals surface area contributed by atoms with Crippen molar-refractivity contribution in [3.8, 4) is 0 Å². The van der Waals surface area contributed by atoms with Crippen LogP contribution in [0.3, 0.4) is 0 Å². The molecule has 11 heteroatoms. The summed E-state index contributed by atoms with van der Waals surface area (Å²) in [4.78, 5) is 46.5. The van der Waals surface area contributed by atoms with E-state index in [4.69, 9.17) is 19.6 Å². The lowest BCUT2D eigenvalue weighted by Gasteiger charge is -2.21. The van der Waals surface area contributed by atoms with Crippen molar-refractivity contribution in [2.75, 3.05) is 25.7 Å². The van der Waals surface area contributed by atoms with Crippen molar-refractivity contribution in [1.82, 2.24) is 4.90 Å². The van der Waals surface area contributed by atoms with E-state index in [1.807, 2.05) is 0 Å². The highest BCUT2D eigenvalue weighted by atomic mass is 31.2. The molecule has 0 spiro atoms. The SMILES string of the molecule is CCOC(=O)CN(CP(=O)(O)O)CP(=O)(O)O. The maximum Gasteiger partial charge on any atom is 0.339 e. The summed E-state index contributed by atoms with van der Waals surface area (Å²) in [5, 5.41) is 0. The lowest BCUT2D eigenvalue weighted by atomic mass is 10.6. The molecule has 0 aromatic rings. The highest BCUT2D eigenvalue weighted by Gasteiger charge is 2.27. The number of carbonyl (C=O) groups is 1. The van der Waals surface area contributed by atoms with Crippen LogP contribution in [0.2, 0.25) is 0 Å². The Morgan fingerprint density at radius 1 is 1.12 bits per heavy atom. The lowest BCUT2D eigenvalue weighted by molar-refractivity contribution is -0.144. The smallest absolute Gasteiger partial charge is 0.339 e. The number of ether oxygens (including phenoxy) is 1. The molecule has 0 rings (SSSR count). The van der Waals surface area contributed by atoms with Crippen LogP contribution in [0.25, 0.3) is 0 Å². The molecule has 0 aromatic carbocycles. The molecule has 0 aromatic heterocycles. The van der Waals surface area contributed by atoms with Crippen LogP contribution in [0.4, 0.5) is 0 Å². The lowest BCUT2D eigenvalue weighted by Crippen LogP contribution is -2.32. The molecular weight excluding hydrogens is 276 g/mol. The molecule has 0 amide bonds. The predicted molar refractivity (Wildman–Crippen MR) is 57.2 cm³/mol. The van der Waals surface area contributed by atoms with Gasteiger partial charge >= 0.3 is 21.2 Å². The van der Waals surface area contributed by atoms with Crippen molar-refractivity contribution in [3.63, 3.8) is 0 Å². The van der Waals surface area contributed by atoms with E-state index in [1.165, 1.54) is 6.92 Å². The van der Waals surface area contributed by atoms with Crippen molar-refractivity contribution in [3.05, 3.63) is 0 Å². The van der Waals surface area contributed by atoms with Crippen molar-refractivity contribution >= 4 is 21.2 Å². The van der Waals surface area contributed by atoms with Crippen LogP contribution in [0.1, 0.15) is 6.92 Å². The Morgan fingerprint density at radius 2 is 1.53 bits per heavy atom.